The minimum atomic E-state index is -0.190. The highest BCUT2D eigenvalue weighted by atomic mass is 16.3. The van der Waals surface area contributed by atoms with Gasteiger partial charge in [-0.15, -0.1) is 0 Å². The highest BCUT2D eigenvalue weighted by molar-refractivity contribution is 5.93. The second-order valence-electron chi connectivity index (χ2n) is 5.00. The summed E-state index contributed by atoms with van der Waals surface area (Å²) in [4.78, 5) is 12.4. The molecule has 96 valence electrons. The number of hydrogen-bond acceptors (Lipinski definition) is 3. The molecule has 2 aromatic carbocycles. The van der Waals surface area contributed by atoms with Crippen molar-refractivity contribution in [2.24, 2.45) is 0 Å². The van der Waals surface area contributed by atoms with Gasteiger partial charge in [0.25, 0.3) is 0 Å². The predicted octanol–water partition coefficient (Wildman–Crippen LogP) is 3.78. The summed E-state index contributed by atoms with van der Waals surface area (Å²) in [6.45, 7) is 4.06. The highest BCUT2D eigenvalue weighted by Gasteiger charge is 2.13. The summed E-state index contributed by atoms with van der Waals surface area (Å²) in [5, 5.41) is 10.8. The van der Waals surface area contributed by atoms with E-state index in [2.05, 4.69) is 0 Å². The van der Waals surface area contributed by atoms with E-state index in [9.17, 15) is 9.90 Å². The molecule has 0 aliphatic carbocycles. The molecule has 0 aliphatic rings. The van der Waals surface area contributed by atoms with Crippen LogP contribution in [-0.4, -0.2) is 5.11 Å². The zero-order chi connectivity index (χ0) is 13.6. The molecule has 3 heteroatoms. The van der Waals surface area contributed by atoms with E-state index in [0.717, 1.165) is 5.56 Å². The molecule has 0 radical (unpaired) electrons. The van der Waals surface area contributed by atoms with Gasteiger partial charge in [-0.3, -0.25) is 4.79 Å². The molecule has 0 saturated carbocycles. The van der Waals surface area contributed by atoms with Gasteiger partial charge in [-0.2, -0.15) is 0 Å². The van der Waals surface area contributed by atoms with Crippen molar-refractivity contribution in [1.29, 1.82) is 0 Å². The van der Waals surface area contributed by atoms with E-state index < -0.39 is 0 Å². The fourth-order valence-corrected chi connectivity index (χ4v) is 2.26. The van der Waals surface area contributed by atoms with Crippen molar-refractivity contribution in [3.05, 3.63) is 52.2 Å². The summed E-state index contributed by atoms with van der Waals surface area (Å²) in [6, 6.07) is 10.5. The van der Waals surface area contributed by atoms with E-state index in [4.69, 9.17) is 4.42 Å². The second-order valence-corrected chi connectivity index (χ2v) is 5.00. The standard InChI is InChI=1S/C16H14O3/c1-9(2)10-7-12(17)15-14(8-10)19-13-6-4-3-5-11(13)16(15)18/h3-9,17H,1-2H3. The topological polar surface area (TPSA) is 50.4 Å². The van der Waals surface area contributed by atoms with Gasteiger partial charge in [-0.25, -0.2) is 0 Å². The lowest BCUT2D eigenvalue weighted by molar-refractivity contribution is 0.479. The Morgan fingerprint density at radius 1 is 1.11 bits per heavy atom. The Labute approximate surface area is 110 Å². The van der Waals surface area contributed by atoms with Crippen LogP contribution in [0.3, 0.4) is 0 Å². The van der Waals surface area contributed by atoms with Crippen LogP contribution in [0, 0.1) is 0 Å². The summed E-state index contributed by atoms with van der Waals surface area (Å²) in [5.74, 6) is 0.243. The fraction of sp³-hybridized carbons (Fsp3) is 0.188. The van der Waals surface area contributed by atoms with Crippen LogP contribution in [0.25, 0.3) is 21.9 Å². The first-order chi connectivity index (χ1) is 9.08. The average Bonchev–Trinajstić information content (AvgIpc) is 2.38. The minimum absolute atomic E-state index is 0.0132. The van der Waals surface area contributed by atoms with Crippen molar-refractivity contribution in [1.82, 2.24) is 0 Å². The van der Waals surface area contributed by atoms with Gasteiger partial charge < -0.3 is 9.52 Å². The largest absolute Gasteiger partial charge is 0.507 e. The van der Waals surface area contributed by atoms with Gasteiger partial charge >= 0.3 is 0 Å². The van der Waals surface area contributed by atoms with Crippen LogP contribution >= 0.6 is 0 Å². The lowest BCUT2D eigenvalue weighted by atomic mass is 10.0. The number of rotatable bonds is 1. The molecule has 0 amide bonds. The Morgan fingerprint density at radius 3 is 2.58 bits per heavy atom. The van der Waals surface area contributed by atoms with Gasteiger partial charge in [0.05, 0.1) is 5.39 Å². The maximum Gasteiger partial charge on any atom is 0.204 e. The van der Waals surface area contributed by atoms with Crippen molar-refractivity contribution in [2.75, 3.05) is 0 Å². The molecule has 0 saturated heterocycles. The first kappa shape index (κ1) is 11.8. The second kappa shape index (κ2) is 4.12. The Kier molecular flexibility index (Phi) is 2.56. The summed E-state index contributed by atoms with van der Waals surface area (Å²) in [6.07, 6.45) is 0. The molecule has 1 N–H and O–H groups in total. The Bertz CT molecular complexity index is 828. The molecule has 3 rings (SSSR count). The first-order valence-electron chi connectivity index (χ1n) is 6.26. The molecule has 0 aliphatic heterocycles. The van der Waals surface area contributed by atoms with E-state index in [-0.39, 0.29) is 22.5 Å². The molecule has 3 nitrogen and oxygen atoms in total. The number of phenols is 1. The molecule has 0 spiro atoms. The van der Waals surface area contributed by atoms with Crippen LogP contribution in [0.5, 0.6) is 5.75 Å². The summed E-state index contributed by atoms with van der Waals surface area (Å²) < 4.78 is 5.74. The number of phenolic OH excluding ortho intramolecular Hbond substituents is 1. The average molecular weight is 254 g/mol. The summed E-state index contributed by atoms with van der Waals surface area (Å²) in [7, 11) is 0. The lowest BCUT2D eigenvalue weighted by Crippen LogP contribution is -2.03. The number of aromatic hydroxyl groups is 1. The third-order valence-corrected chi connectivity index (χ3v) is 3.35. The molecule has 0 atom stereocenters. The van der Waals surface area contributed by atoms with Crippen molar-refractivity contribution in [3.63, 3.8) is 0 Å². The maximum atomic E-state index is 12.4. The van der Waals surface area contributed by atoms with Gasteiger partial charge in [0.15, 0.2) is 0 Å². The molecule has 1 aromatic heterocycles. The smallest absolute Gasteiger partial charge is 0.204 e. The van der Waals surface area contributed by atoms with Crippen LogP contribution in [-0.2, 0) is 0 Å². The zero-order valence-corrected chi connectivity index (χ0v) is 10.8. The van der Waals surface area contributed by atoms with Gasteiger partial charge in [0, 0.05) is 0 Å². The molecule has 0 unspecified atom stereocenters. The van der Waals surface area contributed by atoms with Gasteiger partial charge in [-0.1, -0.05) is 26.0 Å². The first-order valence-corrected chi connectivity index (χ1v) is 6.26. The number of hydrogen-bond donors (Lipinski definition) is 1. The monoisotopic (exact) mass is 254 g/mol. The van der Waals surface area contributed by atoms with E-state index in [1.807, 2.05) is 26.0 Å². The summed E-state index contributed by atoms with van der Waals surface area (Å²) in [5.41, 5.74) is 1.74. The summed E-state index contributed by atoms with van der Waals surface area (Å²) >= 11 is 0. The third kappa shape index (κ3) is 1.78. The molecular weight excluding hydrogens is 240 g/mol. The number of para-hydroxylation sites is 1. The quantitative estimate of drug-likeness (QED) is 0.672. The predicted molar refractivity (Wildman–Crippen MR) is 75.7 cm³/mol. The fourth-order valence-electron chi connectivity index (χ4n) is 2.26. The van der Waals surface area contributed by atoms with Crippen molar-refractivity contribution >= 4 is 21.9 Å². The molecule has 1 heterocycles. The van der Waals surface area contributed by atoms with E-state index in [1.54, 1.807) is 24.3 Å². The molecular formula is C16H14O3. The minimum Gasteiger partial charge on any atom is -0.507 e. The Balaban J connectivity index is 2.51. The molecule has 0 bridgehead atoms. The van der Waals surface area contributed by atoms with Gasteiger partial charge in [0.2, 0.25) is 5.43 Å². The van der Waals surface area contributed by atoms with Crippen LogP contribution in [0.4, 0.5) is 0 Å². The van der Waals surface area contributed by atoms with E-state index in [1.165, 1.54) is 0 Å². The van der Waals surface area contributed by atoms with Crippen LogP contribution in [0.2, 0.25) is 0 Å². The number of benzene rings is 2. The van der Waals surface area contributed by atoms with Crippen LogP contribution in [0.15, 0.2) is 45.6 Å². The normalized spacial score (nSPS) is 11.5. The lowest BCUT2D eigenvalue weighted by Gasteiger charge is -2.09. The highest BCUT2D eigenvalue weighted by Crippen LogP contribution is 2.29. The SMILES string of the molecule is CC(C)c1cc(O)c2c(=O)c3ccccc3oc2c1. The van der Waals surface area contributed by atoms with Crippen molar-refractivity contribution in [2.45, 2.75) is 19.8 Å². The Morgan fingerprint density at radius 2 is 1.84 bits per heavy atom. The molecule has 3 aromatic rings. The third-order valence-electron chi connectivity index (χ3n) is 3.35. The van der Waals surface area contributed by atoms with Crippen LogP contribution < -0.4 is 5.43 Å². The van der Waals surface area contributed by atoms with E-state index in [0.29, 0.717) is 16.6 Å². The molecule has 0 fully saturated rings. The van der Waals surface area contributed by atoms with Gasteiger partial charge in [-0.05, 0) is 35.7 Å². The maximum absolute atomic E-state index is 12.4. The van der Waals surface area contributed by atoms with E-state index >= 15 is 0 Å². The molecule has 19 heavy (non-hydrogen) atoms. The van der Waals surface area contributed by atoms with Crippen molar-refractivity contribution in [3.8, 4) is 5.75 Å². The zero-order valence-electron chi connectivity index (χ0n) is 10.8. The Hall–Kier alpha value is -2.29. The van der Waals surface area contributed by atoms with Crippen LogP contribution in [0.1, 0.15) is 25.3 Å². The van der Waals surface area contributed by atoms with Crippen molar-refractivity contribution < 1.29 is 9.52 Å². The van der Waals surface area contributed by atoms with Gasteiger partial charge in [0.1, 0.15) is 22.3 Å². The number of fused-ring (bicyclic) bond motifs is 2.